The van der Waals surface area contributed by atoms with Crippen molar-refractivity contribution in [1.29, 1.82) is 0 Å². The highest BCUT2D eigenvalue weighted by atomic mass is 35.5. The van der Waals surface area contributed by atoms with Crippen LogP contribution in [-0.2, 0) is 0 Å². The van der Waals surface area contributed by atoms with Gasteiger partial charge < -0.3 is 0 Å². The van der Waals surface area contributed by atoms with Crippen molar-refractivity contribution in [2.45, 2.75) is 56.7 Å². The number of alkyl halides is 3. The summed E-state index contributed by atoms with van der Waals surface area (Å²) in [5.41, 5.74) is 0. The van der Waals surface area contributed by atoms with Gasteiger partial charge in [0.25, 0.3) is 0 Å². The highest BCUT2D eigenvalue weighted by Gasteiger charge is 2.35. The molecule has 0 N–H and O–H groups in total. The quantitative estimate of drug-likeness (QED) is 0.612. The van der Waals surface area contributed by atoms with Crippen LogP contribution >= 0.6 is 11.6 Å². The first-order valence-electron chi connectivity index (χ1n) is 5.01. The van der Waals surface area contributed by atoms with E-state index in [9.17, 15) is 8.78 Å². The summed E-state index contributed by atoms with van der Waals surface area (Å²) < 4.78 is 25.9. The summed E-state index contributed by atoms with van der Waals surface area (Å²) in [7, 11) is 0. The lowest BCUT2D eigenvalue weighted by atomic mass is 9.83. The van der Waals surface area contributed by atoms with Gasteiger partial charge in [-0.05, 0) is 32.1 Å². The Morgan fingerprint density at radius 3 is 2.77 bits per heavy atom. The normalized spacial score (nSPS) is 30.0. The number of hydrogen-bond acceptors (Lipinski definition) is 0. The number of halogens is 3. The molecular formula is C10H17ClF2. The molecular weight excluding hydrogens is 194 g/mol. The first kappa shape index (κ1) is 11.2. The van der Waals surface area contributed by atoms with E-state index in [1.54, 1.807) is 0 Å². The van der Waals surface area contributed by atoms with Crippen LogP contribution in [0.5, 0.6) is 0 Å². The van der Waals surface area contributed by atoms with Crippen molar-refractivity contribution in [3.63, 3.8) is 0 Å². The average Bonchev–Trinajstić information content (AvgIpc) is 1.99. The zero-order valence-electron chi connectivity index (χ0n) is 8.03. The zero-order chi connectivity index (χ0) is 9.90. The summed E-state index contributed by atoms with van der Waals surface area (Å²) in [4.78, 5) is 0. The molecule has 1 rings (SSSR count). The van der Waals surface area contributed by atoms with Crippen molar-refractivity contribution in [2.24, 2.45) is 5.92 Å². The topological polar surface area (TPSA) is 0 Å². The van der Waals surface area contributed by atoms with Crippen molar-refractivity contribution in [3.8, 4) is 0 Å². The number of rotatable bonds is 3. The molecule has 1 aliphatic rings. The van der Waals surface area contributed by atoms with Gasteiger partial charge in [-0.3, -0.25) is 0 Å². The fourth-order valence-corrected chi connectivity index (χ4v) is 2.11. The van der Waals surface area contributed by atoms with Crippen LogP contribution in [-0.4, -0.2) is 11.3 Å². The third-order valence-electron chi connectivity index (χ3n) is 2.71. The molecule has 2 unspecified atom stereocenters. The largest absolute Gasteiger partial charge is 0.248 e. The van der Waals surface area contributed by atoms with Gasteiger partial charge in [-0.15, -0.1) is 11.6 Å². The second-order valence-corrected chi connectivity index (χ2v) is 4.92. The summed E-state index contributed by atoms with van der Waals surface area (Å²) >= 11 is 5.78. The molecule has 0 nitrogen and oxygen atoms in total. The molecule has 0 bridgehead atoms. The Morgan fingerprint density at radius 1 is 1.54 bits per heavy atom. The fourth-order valence-electron chi connectivity index (χ4n) is 1.99. The van der Waals surface area contributed by atoms with Crippen LogP contribution in [0.3, 0.4) is 0 Å². The van der Waals surface area contributed by atoms with E-state index in [1.165, 1.54) is 0 Å². The average molecular weight is 211 g/mol. The van der Waals surface area contributed by atoms with E-state index in [0.717, 1.165) is 19.3 Å². The van der Waals surface area contributed by atoms with Crippen LogP contribution in [0.25, 0.3) is 0 Å². The molecule has 0 aromatic heterocycles. The van der Waals surface area contributed by atoms with E-state index in [0.29, 0.717) is 6.42 Å². The highest BCUT2D eigenvalue weighted by molar-refractivity contribution is 6.20. The van der Waals surface area contributed by atoms with Gasteiger partial charge in [0.1, 0.15) is 0 Å². The van der Waals surface area contributed by atoms with Crippen molar-refractivity contribution in [1.82, 2.24) is 0 Å². The Hall–Kier alpha value is 0.150. The highest BCUT2D eigenvalue weighted by Crippen LogP contribution is 2.38. The Morgan fingerprint density at radius 2 is 2.23 bits per heavy atom. The molecule has 1 aliphatic carbocycles. The van der Waals surface area contributed by atoms with Gasteiger partial charge in [0.15, 0.2) is 0 Å². The molecule has 0 spiro atoms. The molecule has 0 aliphatic heterocycles. The molecule has 3 heteroatoms. The Kier molecular flexibility index (Phi) is 3.96. The number of hydrogen-bond donors (Lipinski definition) is 0. The van der Waals surface area contributed by atoms with E-state index in [-0.39, 0.29) is 24.1 Å². The zero-order valence-corrected chi connectivity index (χ0v) is 8.79. The van der Waals surface area contributed by atoms with Crippen LogP contribution in [0.1, 0.15) is 45.4 Å². The Balaban J connectivity index is 2.26. The van der Waals surface area contributed by atoms with Crippen LogP contribution < -0.4 is 0 Å². The van der Waals surface area contributed by atoms with E-state index in [1.807, 2.05) is 6.92 Å². The summed E-state index contributed by atoms with van der Waals surface area (Å²) in [6.07, 6.45) is 3.52. The molecule has 0 saturated heterocycles. The van der Waals surface area contributed by atoms with Gasteiger partial charge in [0.2, 0.25) is 5.92 Å². The van der Waals surface area contributed by atoms with Gasteiger partial charge >= 0.3 is 0 Å². The lowest BCUT2D eigenvalue weighted by molar-refractivity contribution is -0.0537. The molecule has 0 aromatic carbocycles. The maximum absolute atomic E-state index is 12.9. The Labute approximate surface area is 83.7 Å². The molecule has 0 radical (unpaired) electrons. The van der Waals surface area contributed by atoms with Crippen LogP contribution in [0, 0.1) is 5.92 Å². The SMILES string of the molecule is CC(Cl)CCC1CCCC(F)(F)C1. The molecule has 78 valence electrons. The predicted molar refractivity (Wildman–Crippen MR) is 51.5 cm³/mol. The molecule has 0 amide bonds. The van der Waals surface area contributed by atoms with Gasteiger partial charge in [-0.2, -0.15) is 0 Å². The maximum Gasteiger partial charge on any atom is 0.248 e. The van der Waals surface area contributed by atoms with Gasteiger partial charge in [-0.1, -0.05) is 6.42 Å². The predicted octanol–water partition coefficient (Wildman–Crippen LogP) is 4.22. The van der Waals surface area contributed by atoms with Gasteiger partial charge in [0, 0.05) is 18.2 Å². The lowest BCUT2D eigenvalue weighted by Crippen LogP contribution is -2.26. The van der Waals surface area contributed by atoms with Gasteiger partial charge in [0.05, 0.1) is 0 Å². The molecule has 1 fully saturated rings. The smallest absolute Gasteiger partial charge is 0.207 e. The van der Waals surface area contributed by atoms with Crippen LogP contribution in [0.4, 0.5) is 8.78 Å². The minimum Gasteiger partial charge on any atom is -0.207 e. The first-order chi connectivity index (χ1) is 5.99. The monoisotopic (exact) mass is 210 g/mol. The standard InChI is InChI=1S/C10H17ClF2/c1-8(11)4-5-9-3-2-6-10(12,13)7-9/h8-9H,2-7H2,1H3. The third kappa shape index (κ3) is 4.26. The lowest BCUT2D eigenvalue weighted by Gasteiger charge is -2.29. The first-order valence-corrected chi connectivity index (χ1v) is 5.45. The Bertz CT molecular complexity index is 157. The minimum absolute atomic E-state index is 0.0800. The van der Waals surface area contributed by atoms with E-state index in [4.69, 9.17) is 11.6 Å². The maximum atomic E-state index is 12.9. The molecule has 0 heterocycles. The summed E-state index contributed by atoms with van der Waals surface area (Å²) in [6, 6.07) is 0. The minimum atomic E-state index is -2.40. The molecule has 2 atom stereocenters. The third-order valence-corrected chi connectivity index (χ3v) is 2.93. The summed E-state index contributed by atoms with van der Waals surface area (Å²) in [5, 5.41) is 0.121. The van der Waals surface area contributed by atoms with Crippen LogP contribution in [0.2, 0.25) is 0 Å². The summed E-state index contributed by atoms with van der Waals surface area (Å²) in [6.45, 7) is 1.92. The molecule has 0 aromatic rings. The van der Waals surface area contributed by atoms with Crippen molar-refractivity contribution < 1.29 is 8.78 Å². The molecule has 1 saturated carbocycles. The van der Waals surface area contributed by atoms with Crippen molar-refractivity contribution in [2.75, 3.05) is 0 Å². The van der Waals surface area contributed by atoms with Crippen LogP contribution in [0.15, 0.2) is 0 Å². The second kappa shape index (κ2) is 4.59. The summed E-state index contributed by atoms with van der Waals surface area (Å²) in [5.74, 6) is -2.21. The van der Waals surface area contributed by atoms with E-state index >= 15 is 0 Å². The van der Waals surface area contributed by atoms with Crippen molar-refractivity contribution >= 4 is 11.6 Å². The van der Waals surface area contributed by atoms with E-state index < -0.39 is 5.92 Å². The van der Waals surface area contributed by atoms with Crippen molar-refractivity contribution in [3.05, 3.63) is 0 Å². The second-order valence-electron chi connectivity index (χ2n) is 4.18. The van der Waals surface area contributed by atoms with E-state index in [2.05, 4.69) is 0 Å². The molecule has 13 heavy (non-hydrogen) atoms. The van der Waals surface area contributed by atoms with Gasteiger partial charge in [-0.25, -0.2) is 8.78 Å². The fraction of sp³-hybridized carbons (Fsp3) is 1.00.